The average Bonchev–Trinajstić information content (AvgIpc) is 3.31. The minimum atomic E-state index is -0.660. The molecule has 0 saturated heterocycles. The Hall–Kier alpha value is -6.56. The fourth-order valence-corrected chi connectivity index (χ4v) is 6.75. The lowest BCUT2D eigenvalue weighted by atomic mass is 9.89. The van der Waals surface area contributed by atoms with Crippen molar-refractivity contribution in [1.82, 2.24) is 0 Å². The molecule has 2 atom stereocenters. The van der Waals surface area contributed by atoms with Crippen molar-refractivity contribution < 1.29 is 47.9 Å². The van der Waals surface area contributed by atoms with Gasteiger partial charge in [-0.15, -0.1) is 0 Å². The van der Waals surface area contributed by atoms with Gasteiger partial charge >= 0.3 is 23.9 Å². The second kappa shape index (κ2) is 26.7. The first-order valence-electron chi connectivity index (χ1n) is 22.0. The topological polar surface area (TPSA) is 164 Å². The van der Waals surface area contributed by atoms with Gasteiger partial charge in [0.25, 0.3) is 0 Å². The number of oxime groups is 2. The molecule has 0 saturated carbocycles. The predicted molar refractivity (Wildman–Crippen MR) is 241 cm³/mol. The monoisotopic (exact) mass is 858 g/mol. The summed E-state index contributed by atoms with van der Waals surface area (Å²) >= 11 is 0. The van der Waals surface area contributed by atoms with Crippen molar-refractivity contribution in [2.24, 2.45) is 22.1 Å². The molecular formula is C51H58N2O10. The summed E-state index contributed by atoms with van der Waals surface area (Å²) in [5.74, 6) is -3.01. The molecule has 0 aliphatic carbocycles. The van der Waals surface area contributed by atoms with E-state index in [1.807, 2.05) is 13.8 Å². The van der Waals surface area contributed by atoms with Gasteiger partial charge in [0.1, 0.15) is 22.9 Å². The molecule has 0 fully saturated rings. The van der Waals surface area contributed by atoms with Gasteiger partial charge in [-0.25, -0.2) is 9.59 Å². The Morgan fingerprint density at radius 3 is 1.19 bits per heavy atom. The van der Waals surface area contributed by atoms with Crippen molar-refractivity contribution >= 4 is 46.9 Å². The van der Waals surface area contributed by atoms with Gasteiger partial charge in [-0.2, -0.15) is 0 Å². The number of nitrogens with zero attached hydrogens (tertiary/aromatic N) is 2. The molecule has 0 aliphatic rings. The van der Waals surface area contributed by atoms with Crippen LogP contribution in [-0.4, -0.2) is 46.9 Å². The highest BCUT2D eigenvalue weighted by atomic mass is 16.7. The van der Waals surface area contributed by atoms with E-state index in [2.05, 4.69) is 24.2 Å². The summed E-state index contributed by atoms with van der Waals surface area (Å²) in [4.78, 5) is 88.4. The van der Waals surface area contributed by atoms with Crippen molar-refractivity contribution in [3.63, 3.8) is 0 Å². The minimum Gasteiger partial charge on any atom is -0.427 e. The maximum absolute atomic E-state index is 13.7. The Bertz CT molecular complexity index is 2170. The van der Waals surface area contributed by atoms with Gasteiger partial charge in [0.05, 0.1) is 11.1 Å². The third kappa shape index (κ3) is 16.0. The Morgan fingerprint density at radius 2 is 0.825 bits per heavy atom. The van der Waals surface area contributed by atoms with Crippen LogP contribution in [0.1, 0.15) is 153 Å². The first kappa shape index (κ1) is 49.1. The second-order valence-corrected chi connectivity index (χ2v) is 15.2. The fraction of sp³-hybridized carbons (Fsp3) is 0.373. The molecule has 12 heteroatoms. The van der Waals surface area contributed by atoms with Crippen LogP contribution in [0.15, 0.2) is 120 Å². The molecule has 0 aliphatic heterocycles. The molecule has 0 radical (unpaired) electrons. The SMILES string of the molecule is CCCCCC(CC)/C(=N\OC(=O)c1ccccc1)C(=O)c1ccc(OC(=O)CCCCC(=O)Oc2ccc(C(=O)/C(=N/OC(=O)c3ccccc3)C(CC)CCCC)cc2)cc1. The molecule has 0 heterocycles. The van der Waals surface area contributed by atoms with Gasteiger partial charge in [0.15, 0.2) is 0 Å². The lowest BCUT2D eigenvalue weighted by Gasteiger charge is -2.16. The van der Waals surface area contributed by atoms with E-state index in [4.69, 9.17) is 19.1 Å². The number of hydrogen-bond acceptors (Lipinski definition) is 12. The molecule has 0 N–H and O–H groups in total. The summed E-state index contributed by atoms with van der Waals surface area (Å²) in [6, 6.07) is 29.1. The minimum absolute atomic E-state index is 0.0473. The first-order valence-corrected chi connectivity index (χ1v) is 22.0. The third-order valence-corrected chi connectivity index (χ3v) is 10.5. The molecule has 0 spiro atoms. The van der Waals surface area contributed by atoms with Crippen molar-refractivity contribution in [3.05, 3.63) is 131 Å². The van der Waals surface area contributed by atoms with Gasteiger partial charge in [0, 0.05) is 35.8 Å². The summed E-state index contributed by atoms with van der Waals surface area (Å²) in [6.45, 7) is 8.08. The average molecular weight is 859 g/mol. The van der Waals surface area contributed by atoms with E-state index in [1.54, 1.807) is 72.8 Å². The predicted octanol–water partition coefficient (Wildman–Crippen LogP) is 11.4. The molecule has 4 aromatic carbocycles. The summed E-state index contributed by atoms with van der Waals surface area (Å²) in [5, 5.41) is 8.16. The highest BCUT2D eigenvalue weighted by Crippen LogP contribution is 2.23. The van der Waals surface area contributed by atoms with Crippen LogP contribution in [0.25, 0.3) is 0 Å². The van der Waals surface area contributed by atoms with Crippen LogP contribution >= 0.6 is 0 Å². The van der Waals surface area contributed by atoms with E-state index in [9.17, 15) is 28.8 Å². The first-order chi connectivity index (χ1) is 30.6. The Labute approximate surface area is 370 Å². The van der Waals surface area contributed by atoms with Crippen LogP contribution in [0.3, 0.4) is 0 Å². The van der Waals surface area contributed by atoms with E-state index in [-0.39, 0.29) is 59.2 Å². The lowest BCUT2D eigenvalue weighted by molar-refractivity contribution is -0.136. The summed E-state index contributed by atoms with van der Waals surface area (Å²) in [5.41, 5.74) is 1.58. The normalized spacial score (nSPS) is 12.4. The van der Waals surface area contributed by atoms with Crippen LogP contribution in [-0.2, 0) is 19.3 Å². The number of Topliss-reactive ketones (excluding diaryl/α,β-unsaturated/α-hetero) is 2. The van der Waals surface area contributed by atoms with Crippen LogP contribution in [0.4, 0.5) is 0 Å². The number of hydrogen-bond donors (Lipinski definition) is 0. The Morgan fingerprint density at radius 1 is 0.444 bits per heavy atom. The van der Waals surface area contributed by atoms with Gasteiger partial charge in [-0.05, 0) is 111 Å². The maximum Gasteiger partial charge on any atom is 0.365 e. The van der Waals surface area contributed by atoms with Crippen LogP contribution in [0, 0.1) is 11.8 Å². The quantitative estimate of drug-likeness (QED) is 0.0113. The summed E-state index contributed by atoms with van der Waals surface area (Å²) < 4.78 is 11.0. The highest BCUT2D eigenvalue weighted by Gasteiger charge is 2.26. The number of benzene rings is 4. The van der Waals surface area contributed by atoms with Crippen molar-refractivity contribution in [2.45, 2.75) is 111 Å². The number of esters is 2. The van der Waals surface area contributed by atoms with Crippen LogP contribution in [0.2, 0.25) is 0 Å². The van der Waals surface area contributed by atoms with Crippen LogP contribution < -0.4 is 9.47 Å². The third-order valence-electron chi connectivity index (χ3n) is 10.5. The molecule has 0 aromatic heterocycles. The van der Waals surface area contributed by atoms with Crippen molar-refractivity contribution in [3.8, 4) is 11.5 Å². The lowest BCUT2D eigenvalue weighted by Crippen LogP contribution is -2.25. The number of ketones is 2. The van der Waals surface area contributed by atoms with E-state index < -0.39 is 23.9 Å². The van der Waals surface area contributed by atoms with Gasteiger partial charge in [0.2, 0.25) is 11.6 Å². The zero-order valence-corrected chi connectivity index (χ0v) is 36.7. The zero-order chi connectivity index (χ0) is 45.4. The van der Waals surface area contributed by atoms with Crippen molar-refractivity contribution in [2.75, 3.05) is 0 Å². The number of carbonyl (C=O) groups is 6. The molecule has 0 bridgehead atoms. The molecule has 12 nitrogen and oxygen atoms in total. The molecule has 4 aromatic rings. The Balaban J connectivity index is 1.27. The van der Waals surface area contributed by atoms with E-state index in [0.717, 1.165) is 32.1 Å². The number of carbonyl (C=O) groups excluding carboxylic acids is 6. The Kier molecular flexibility index (Phi) is 20.8. The second-order valence-electron chi connectivity index (χ2n) is 15.2. The fourth-order valence-electron chi connectivity index (χ4n) is 6.75. The van der Waals surface area contributed by atoms with Gasteiger partial charge in [-0.3, -0.25) is 19.2 Å². The summed E-state index contributed by atoms with van der Waals surface area (Å²) in [7, 11) is 0. The molecular weight excluding hydrogens is 801 g/mol. The standard InChI is InChI=1S/C51H58N2O10/c1-5-9-13-21-37(8-4)47(53-63-51(59)41-24-16-12-17-25-41)49(57)39-30-34-43(35-31-39)61-45(55)27-19-18-26-44(54)60-42-32-28-38(29-33-42)48(56)46(36(7-3)20-10-6-2)52-62-50(58)40-22-14-11-15-23-40/h11-12,14-17,22-25,28-37H,5-10,13,18-21,26-27H2,1-4H3/b52-46+,53-47+. The zero-order valence-electron chi connectivity index (χ0n) is 36.7. The van der Waals surface area contributed by atoms with Crippen LogP contribution in [0.5, 0.6) is 11.5 Å². The summed E-state index contributed by atoms with van der Waals surface area (Å²) in [6.07, 6.45) is 8.23. The van der Waals surface area contributed by atoms with Gasteiger partial charge < -0.3 is 19.1 Å². The molecule has 2 unspecified atom stereocenters. The van der Waals surface area contributed by atoms with E-state index >= 15 is 0 Å². The van der Waals surface area contributed by atoms with E-state index in [0.29, 0.717) is 60.8 Å². The number of ether oxygens (including phenoxy) is 2. The highest BCUT2D eigenvalue weighted by molar-refractivity contribution is 6.47. The molecule has 63 heavy (non-hydrogen) atoms. The number of rotatable bonds is 26. The molecule has 4 rings (SSSR count). The molecule has 332 valence electrons. The molecule has 0 amide bonds. The van der Waals surface area contributed by atoms with Gasteiger partial charge in [-0.1, -0.05) is 107 Å². The largest absolute Gasteiger partial charge is 0.427 e. The smallest absolute Gasteiger partial charge is 0.365 e. The number of unbranched alkanes of at least 4 members (excludes halogenated alkanes) is 4. The van der Waals surface area contributed by atoms with Crippen molar-refractivity contribution in [1.29, 1.82) is 0 Å². The van der Waals surface area contributed by atoms with E-state index in [1.165, 1.54) is 36.4 Å². The maximum atomic E-state index is 13.7.